The minimum atomic E-state index is -0.315. The van der Waals surface area contributed by atoms with Crippen molar-refractivity contribution >= 4 is 28.4 Å². The molecule has 2 aromatic rings. The summed E-state index contributed by atoms with van der Waals surface area (Å²) in [7, 11) is 1.82. The number of imide groups is 1. The summed E-state index contributed by atoms with van der Waals surface area (Å²) in [6.45, 7) is 0. The van der Waals surface area contributed by atoms with Gasteiger partial charge in [-0.2, -0.15) is 5.10 Å². The molecule has 6 nitrogen and oxygen atoms in total. The van der Waals surface area contributed by atoms with Crippen LogP contribution in [0.4, 0.5) is 5.69 Å². The van der Waals surface area contributed by atoms with Crippen LogP contribution in [0.3, 0.4) is 0 Å². The van der Waals surface area contributed by atoms with Gasteiger partial charge in [-0.3, -0.25) is 19.6 Å². The Balaban J connectivity index is 2.05. The first-order chi connectivity index (χ1) is 9.04. The molecular weight excluding hydrogens is 244 g/mol. The van der Waals surface area contributed by atoms with Crippen molar-refractivity contribution in [1.29, 1.82) is 0 Å². The van der Waals surface area contributed by atoms with Gasteiger partial charge in [0.15, 0.2) is 0 Å². The molecule has 0 spiro atoms. The van der Waals surface area contributed by atoms with Crippen LogP contribution in [-0.2, 0) is 16.6 Å². The maximum absolute atomic E-state index is 11.9. The molecule has 1 aromatic carbocycles. The van der Waals surface area contributed by atoms with E-state index in [4.69, 9.17) is 5.73 Å². The summed E-state index contributed by atoms with van der Waals surface area (Å²) in [6.07, 6.45) is 2.75. The molecule has 6 heteroatoms. The van der Waals surface area contributed by atoms with Crippen LogP contribution in [-0.4, -0.2) is 21.6 Å². The number of fused-ring (bicyclic) bond motifs is 1. The Labute approximate surface area is 109 Å². The molecule has 1 unspecified atom stereocenters. The standard InChI is InChI=1S/C13H14N4O2/c1-17-6-8-4-7(5-10(14)12(8)16-17)9-2-3-11(18)15-13(9)19/h4-6,9H,2-3,14H2,1H3,(H,15,18,19). The van der Waals surface area contributed by atoms with Crippen LogP contribution < -0.4 is 11.1 Å². The number of amides is 2. The number of anilines is 1. The smallest absolute Gasteiger partial charge is 0.234 e. The predicted octanol–water partition coefficient (Wildman–Crippen LogP) is 0.676. The van der Waals surface area contributed by atoms with E-state index in [1.807, 2.05) is 19.3 Å². The summed E-state index contributed by atoms with van der Waals surface area (Å²) in [5.41, 5.74) is 8.10. The van der Waals surface area contributed by atoms with E-state index >= 15 is 0 Å². The number of aryl methyl sites for hydroxylation is 1. The van der Waals surface area contributed by atoms with E-state index < -0.39 is 0 Å². The van der Waals surface area contributed by atoms with E-state index in [1.54, 1.807) is 10.7 Å². The summed E-state index contributed by atoms with van der Waals surface area (Å²) in [5, 5.41) is 7.53. The lowest BCUT2D eigenvalue weighted by Gasteiger charge is -2.21. The SMILES string of the molecule is Cn1cc2cc(C3CCC(=O)NC3=O)cc(N)c2n1. The average molecular weight is 258 g/mol. The highest BCUT2D eigenvalue weighted by Crippen LogP contribution is 2.30. The third-order valence-electron chi connectivity index (χ3n) is 3.42. The van der Waals surface area contributed by atoms with Crippen molar-refractivity contribution in [2.45, 2.75) is 18.8 Å². The predicted molar refractivity (Wildman–Crippen MR) is 70.3 cm³/mol. The minimum absolute atomic E-state index is 0.211. The van der Waals surface area contributed by atoms with Gasteiger partial charge in [-0.15, -0.1) is 0 Å². The van der Waals surface area contributed by atoms with Gasteiger partial charge in [-0.1, -0.05) is 0 Å². The number of hydrogen-bond acceptors (Lipinski definition) is 4. The molecular formula is C13H14N4O2. The average Bonchev–Trinajstić information content (AvgIpc) is 2.70. The van der Waals surface area contributed by atoms with E-state index in [0.29, 0.717) is 18.5 Å². The number of nitrogens with zero attached hydrogens (tertiary/aromatic N) is 2. The summed E-state index contributed by atoms with van der Waals surface area (Å²) in [5.74, 6) is -0.778. The zero-order valence-corrected chi connectivity index (χ0v) is 10.5. The van der Waals surface area contributed by atoms with Gasteiger partial charge in [0.1, 0.15) is 5.52 Å². The number of rotatable bonds is 1. The highest BCUT2D eigenvalue weighted by molar-refractivity contribution is 6.01. The molecule has 1 aliphatic heterocycles. The molecule has 0 aliphatic carbocycles. The molecule has 3 N–H and O–H groups in total. The molecule has 2 amide bonds. The summed E-state index contributed by atoms with van der Waals surface area (Å²) >= 11 is 0. The molecule has 0 radical (unpaired) electrons. The van der Waals surface area contributed by atoms with Gasteiger partial charge < -0.3 is 5.73 Å². The Bertz CT molecular complexity index is 689. The second-order valence-electron chi connectivity index (χ2n) is 4.85. The molecule has 19 heavy (non-hydrogen) atoms. The fourth-order valence-corrected chi connectivity index (χ4v) is 2.52. The lowest BCUT2D eigenvalue weighted by Crippen LogP contribution is -2.39. The van der Waals surface area contributed by atoms with Gasteiger partial charge in [-0.05, 0) is 24.1 Å². The molecule has 98 valence electrons. The fraction of sp³-hybridized carbons (Fsp3) is 0.308. The van der Waals surface area contributed by atoms with Crippen molar-refractivity contribution in [3.63, 3.8) is 0 Å². The molecule has 0 saturated carbocycles. The first-order valence-electron chi connectivity index (χ1n) is 6.11. The number of piperidine rings is 1. The second kappa shape index (κ2) is 4.08. The summed E-state index contributed by atoms with van der Waals surface area (Å²) < 4.78 is 1.69. The second-order valence-corrected chi connectivity index (χ2v) is 4.85. The largest absolute Gasteiger partial charge is 0.397 e. The Morgan fingerprint density at radius 3 is 2.95 bits per heavy atom. The van der Waals surface area contributed by atoms with Gasteiger partial charge in [0.2, 0.25) is 11.8 Å². The van der Waals surface area contributed by atoms with Gasteiger partial charge in [0.25, 0.3) is 0 Å². The first kappa shape index (κ1) is 11.7. The van der Waals surface area contributed by atoms with Gasteiger partial charge in [-0.25, -0.2) is 0 Å². The van der Waals surface area contributed by atoms with E-state index in [1.165, 1.54) is 0 Å². The molecule has 1 atom stereocenters. The quantitative estimate of drug-likeness (QED) is 0.581. The van der Waals surface area contributed by atoms with Crippen LogP contribution in [0.15, 0.2) is 18.3 Å². The van der Waals surface area contributed by atoms with E-state index in [2.05, 4.69) is 10.4 Å². The van der Waals surface area contributed by atoms with Crippen LogP contribution in [0.25, 0.3) is 10.9 Å². The number of benzene rings is 1. The van der Waals surface area contributed by atoms with Crippen LogP contribution in [0, 0.1) is 0 Å². The van der Waals surface area contributed by atoms with Crippen LogP contribution in [0.2, 0.25) is 0 Å². The van der Waals surface area contributed by atoms with Crippen LogP contribution in [0.1, 0.15) is 24.3 Å². The van der Waals surface area contributed by atoms with Crippen molar-refractivity contribution in [2.24, 2.45) is 7.05 Å². The number of nitrogen functional groups attached to an aromatic ring is 1. The minimum Gasteiger partial charge on any atom is -0.397 e. The monoisotopic (exact) mass is 258 g/mol. The normalized spacial score (nSPS) is 19.7. The zero-order chi connectivity index (χ0) is 13.6. The lowest BCUT2D eigenvalue weighted by molar-refractivity contribution is -0.134. The van der Waals surface area contributed by atoms with Gasteiger partial charge in [0.05, 0.1) is 11.6 Å². The van der Waals surface area contributed by atoms with Crippen molar-refractivity contribution < 1.29 is 9.59 Å². The van der Waals surface area contributed by atoms with Crippen LogP contribution in [0.5, 0.6) is 0 Å². The molecule has 0 bridgehead atoms. The third-order valence-corrected chi connectivity index (χ3v) is 3.42. The topological polar surface area (TPSA) is 90.0 Å². The number of hydrogen-bond donors (Lipinski definition) is 2. The number of carbonyl (C=O) groups excluding carboxylic acids is 2. The molecule has 3 rings (SSSR count). The van der Waals surface area contributed by atoms with E-state index in [-0.39, 0.29) is 17.7 Å². The Morgan fingerprint density at radius 2 is 2.21 bits per heavy atom. The van der Waals surface area contributed by atoms with E-state index in [0.717, 1.165) is 16.5 Å². The maximum atomic E-state index is 11.9. The molecule has 1 fully saturated rings. The third kappa shape index (κ3) is 1.95. The first-order valence-corrected chi connectivity index (χ1v) is 6.11. The van der Waals surface area contributed by atoms with E-state index in [9.17, 15) is 9.59 Å². The number of nitrogens with one attached hydrogen (secondary N) is 1. The molecule has 1 aliphatic rings. The molecule has 1 aromatic heterocycles. The summed E-state index contributed by atoms with van der Waals surface area (Å²) in [6, 6.07) is 3.69. The Morgan fingerprint density at radius 1 is 1.42 bits per heavy atom. The number of carbonyl (C=O) groups is 2. The Hall–Kier alpha value is -2.37. The van der Waals surface area contributed by atoms with Gasteiger partial charge in [0, 0.05) is 25.1 Å². The molecule has 2 heterocycles. The number of nitrogens with two attached hydrogens (primary N) is 1. The Kier molecular flexibility index (Phi) is 2.51. The highest BCUT2D eigenvalue weighted by Gasteiger charge is 2.28. The lowest BCUT2D eigenvalue weighted by atomic mass is 9.89. The van der Waals surface area contributed by atoms with Gasteiger partial charge >= 0.3 is 0 Å². The van der Waals surface area contributed by atoms with Crippen molar-refractivity contribution in [3.05, 3.63) is 23.9 Å². The highest BCUT2D eigenvalue weighted by atomic mass is 16.2. The van der Waals surface area contributed by atoms with Crippen molar-refractivity contribution in [3.8, 4) is 0 Å². The number of aromatic nitrogens is 2. The maximum Gasteiger partial charge on any atom is 0.234 e. The van der Waals surface area contributed by atoms with Crippen LogP contribution >= 0.6 is 0 Å². The molecule has 1 saturated heterocycles. The summed E-state index contributed by atoms with van der Waals surface area (Å²) in [4.78, 5) is 23.0. The van der Waals surface area contributed by atoms with Crippen molar-refractivity contribution in [2.75, 3.05) is 5.73 Å². The van der Waals surface area contributed by atoms with Crippen molar-refractivity contribution in [1.82, 2.24) is 15.1 Å². The fourth-order valence-electron chi connectivity index (χ4n) is 2.52. The zero-order valence-electron chi connectivity index (χ0n) is 10.5.